The zero-order valence-corrected chi connectivity index (χ0v) is 10.8. The molecule has 2 unspecified atom stereocenters. The van der Waals surface area contributed by atoms with E-state index in [2.05, 4.69) is 17.2 Å². The average Bonchev–Trinajstić information content (AvgIpc) is 2.35. The molecule has 2 atom stereocenters. The fourth-order valence-electron chi connectivity index (χ4n) is 2.47. The van der Waals surface area contributed by atoms with E-state index in [9.17, 15) is 0 Å². The van der Waals surface area contributed by atoms with Crippen LogP contribution in [0.25, 0.3) is 0 Å². The van der Waals surface area contributed by atoms with E-state index in [0.717, 1.165) is 17.9 Å². The largest absolute Gasteiger partial charge is 0.490 e. The molecule has 2 rings (SSSR count). The molecular weight excluding hydrogens is 212 g/mol. The van der Waals surface area contributed by atoms with E-state index in [1.54, 1.807) is 0 Å². The second kappa shape index (κ2) is 6.01. The molecule has 0 bridgehead atoms. The molecule has 3 nitrogen and oxygen atoms in total. The third-order valence-electron chi connectivity index (χ3n) is 3.54. The highest BCUT2D eigenvalue weighted by molar-refractivity contribution is 5.30. The number of nitrogens with one attached hydrogen (secondary N) is 1. The quantitative estimate of drug-likeness (QED) is 0.870. The van der Waals surface area contributed by atoms with E-state index >= 15 is 0 Å². The van der Waals surface area contributed by atoms with Crippen molar-refractivity contribution in [1.82, 2.24) is 10.3 Å². The van der Waals surface area contributed by atoms with Gasteiger partial charge in [0.25, 0.3) is 0 Å². The molecule has 0 saturated heterocycles. The van der Waals surface area contributed by atoms with Crippen LogP contribution in [0.1, 0.15) is 38.2 Å². The van der Waals surface area contributed by atoms with Gasteiger partial charge < -0.3 is 10.1 Å². The van der Waals surface area contributed by atoms with Gasteiger partial charge in [-0.1, -0.05) is 13.3 Å². The van der Waals surface area contributed by atoms with Crippen molar-refractivity contribution in [1.29, 1.82) is 0 Å². The molecule has 0 aliphatic heterocycles. The van der Waals surface area contributed by atoms with Crippen molar-refractivity contribution < 1.29 is 4.74 Å². The molecule has 3 heteroatoms. The molecule has 1 aromatic heterocycles. The average molecular weight is 234 g/mol. The minimum atomic E-state index is 0.377. The van der Waals surface area contributed by atoms with Gasteiger partial charge in [-0.25, -0.2) is 0 Å². The van der Waals surface area contributed by atoms with Crippen LogP contribution in [0.5, 0.6) is 5.75 Å². The number of hydrogen-bond acceptors (Lipinski definition) is 3. The summed E-state index contributed by atoms with van der Waals surface area (Å²) in [6.07, 6.45) is 9.19. The Morgan fingerprint density at radius 3 is 3.00 bits per heavy atom. The van der Waals surface area contributed by atoms with Crippen LogP contribution in [0.15, 0.2) is 18.5 Å². The minimum Gasteiger partial charge on any atom is -0.490 e. The van der Waals surface area contributed by atoms with Gasteiger partial charge in [-0.2, -0.15) is 0 Å². The Labute approximate surface area is 104 Å². The summed E-state index contributed by atoms with van der Waals surface area (Å²) in [5.41, 5.74) is 1.15. The summed E-state index contributed by atoms with van der Waals surface area (Å²) in [6.45, 7) is 3.10. The Hall–Kier alpha value is -1.09. The van der Waals surface area contributed by atoms with Gasteiger partial charge in [-0.3, -0.25) is 4.98 Å². The first kappa shape index (κ1) is 12.4. The number of hydrogen-bond donors (Lipinski definition) is 1. The van der Waals surface area contributed by atoms with Crippen molar-refractivity contribution in [2.24, 2.45) is 5.92 Å². The third-order valence-corrected chi connectivity index (χ3v) is 3.54. The molecule has 0 radical (unpaired) electrons. The first-order chi connectivity index (χ1) is 8.31. The normalized spacial score (nSPS) is 24.6. The number of pyridine rings is 1. The van der Waals surface area contributed by atoms with Crippen molar-refractivity contribution in [3.63, 3.8) is 0 Å². The summed E-state index contributed by atoms with van der Waals surface area (Å²) >= 11 is 0. The maximum atomic E-state index is 6.17. The number of aromatic nitrogens is 1. The van der Waals surface area contributed by atoms with Crippen LogP contribution < -0.4 is 10.1 Å². The Bertz CT molecular complexity index is 354. The van der Waals surface area contributed by atoms with Crippen LogP contribution in [-0.4, -0.2) is 18.1 Å². The van der Waals surface area contributed by atoms with E-state index in [1.807, 2.05) is 25.5 Å². The zero-order valence-electron chi connectivity index (χ0n) is 10.8. The molecule has 94 valence electrons. The van der Waals surface area contributed by atoms with Crippen molar-refractivity contribution in [2.75, 3.05) is 7.05 Å². The van der Waals surface area contributed by atoms with Gasteiger partial charge in [0.05, 0.1) is 0 Å². The highest BCUT2D eigenvalue weighted by atomic mass is 16.5. The van der Waals surface area contributed by atoms with Gasteiger partial charge in [0.1, 0.15) is 11.9 Å². The number of nitrogens with zero attached hydrogens (tertiary/aromatic N) is 1. The maximum Gasteiger partial charge on any atom is 0.127 e. The monoisotopic (exact) mass is 234 g/mol. The van der Waals surface area contributed by atoms with Gasteiger partial charge in [0.15, 0.2) is 0 Å². The van der Waals surface area contributed by atoms with Gasteiger partial charge in [-0.05, 0) is 38.3 Å². The SMILES string of the molecule is CNCc1cnccc1OC1CCCCC1C. The minimum absolute atomic E-state index is 0.377. The van der Waals surface area contributed by atoms with Crippen LogP contribution in [-0.2, 0) is 6.54 Å². The third kappa shape index (κ3) is 3.19. The van der Waals surface area contributed by atoms with Crippen LogP contribution >= 0.6 is 0 Å². The lowest BCUT2D eigenvalue weighted by Gasteiger charge is -2.30. The molecule has 17 heavy (non-hydrogen) atoms. The summed E-state index contributed by atoms with van der Waals surface area (Å²) in [5.74, 6) is 1.66. The molecule has 1 saturated carbocycles. The molecule has 0 amide bonds. The van der Waals surface area contributed by atoms with Crippen LogP contribution in [0.3, 0.4) is 0 Å². The molecular formula is C14H22N2O. The van der Waals surface area contributed by atoms with E-state index < -0.39 is 0 Å². The van der Waals surface area contributed by atoms with Crippen molar-refractivity contribution in [3.05, 3.63) is 24.0 Å². The highest BCUT2D eigenvalue weighted by Gasteiger charge is 2.23. The van der Waals surface area contributed by atoms with Crippen LogP contribution in [0.4, 0.5) is 0 Å². The fraction of sp³-hybridized carbons (Fsp3) is 0.643. The summed E-state index contributed by atoms with van der Waals surface area (Å²) in [4.78, 5) is 4.16. The first-order valence-corrected chi connectivity index (χ1v) is 6.55. The van der Waals surface area contributed by atoms with E-state index in [1.165, 1.54) is 25.7 Å². The number of ether oxygens (including phenoxy) is 1. The van der Waals surface area contributed by atoms with Gasteiger partial charge in [-0.15, -0.1) is 0 Å². The Morgan fingerprint density at radius 1 is 1.41 bits per heavy atom. The van der Waals surface area contributed by atoms with Gasteiger partial charge in [0, 0.05) is 24.5 Å². The standard InChI is InChI=1S/C14H22N2O/c1-11-5-3-4-6-13(11)17-14-7-8-16-10-12(14)9-15-2/h7-8,10-11,13,15H,3-6,9H2,1-2H3. The lowest BCUT2D eigenvalue weighted by Crippen LogP contribution is -2.28. The maximum absolute atomic E-state index is 6.17. The Morgan fingerprint density at radius 2 is 2.24 bits per heavy atom. The molecule has 1 aromatic rings. The molecule has 1 N–H and O–H groups in total. The first-order valence-electron chi connectivity index (χ1n) is 6.55. The van der Waals surface area contributed by atoms with Crippen LogP contribution in [0, 0.1) is 5.92 Å². The second-order valence-electron chi connectivity index (χ2n) is 4.93. The van der Waals surface area contributed by atoms with Crippen LogP contribution in [0.2, 0.25) is 0 Å². The van der Waals surface area contributed by atoms with E-state index in [4.69, 9.17) is 4.74 Å². The zero-order chi connectivity index (χ0) is 12.1. The van der Waals surface area contributed by atoms with E-state index in [0.29, 0.717) is 12.0 Å². The van der Waals surface area contributed by atoms with E-state index in [-0.39, 0.29) is 0 Å². The highest BCUT2D eigenvalue weighted by Crippen LogP contribution is 2.29. The Balaban J connectivity index is 2.06. The van der Waals surface area contributed by atoms with Gasteiger partial charge >= 0.3 is 0 Å². The molecule has 0 aromatic carbocycles. The predicted octanol–water partition coefficient (Wildman–Crippen LogP) is 2.76. The van der Waals surface area contributed by atoms with Gasteiger partial charge in [0.2, 0.25) is 0 Å². The lowest BCUT2D eigenvalue weighted by atomic mass is 9.88. The molecule has 1 aliphatic rings. The molecule has 1 aliphatic carbocycles. The Kier molecular flexibility index (Phi) is 4.37. The topological polar surface area (TPSA) is 34.2 Å². The summed E-state index contributed by atoms with van der Waals surface area (Å²) in [5, 5.41) is 3.15. The summed E-state index contributed by atoms with van der Waals surface area (Å²) in [6, 6.07) is 1.98. The predicted molar refractivity (Wildman–Crippen MR) is 69.0 cm³/mol. The summed E-state index contributed by atoms with van der Waals surface area (Å²) in [7, 11) is 1.94. The lowest BCUT2D eigenvalue weighted by molar-refractivity contribution is 0.101. The number of rotatable bonds is 4. The summed E-state index contributed by atoms with van der Waals surface area (Å²) < 4.78 is 6.17. The molecule has 1 fully saturated rings. The smallest absolute Gasteiger partial charge is 0.127 e. The van der Waals surface area contributed by atoms with Crippen molar-refractivity contribution in [3.8, 4) is 5.75 Å². The molecule has 0 spiro atoms. The second-order valence-corrected chi connectivity index (χ2v) is 4.93. The fourth-order valence-corrected chi connectivity index (χ4v) is 2.47. The molecule has 1 heterocycles. The van der Waals surface area contributed by atoms with Crippen molar-refractivity contribution in [2.45, 2.75) is 45.3 Å². The van der Waals surface area contributed by atoms with Crippen molar-refractivity contribution >= 4 is 0 Å².